The molecule has 0 saturated carbocycles. The van der Waals surface area contributed by atoms with Gasteiger partial charge in [-0.05, 0) is 20.3 Å². The summed E-state index contributed by atoms with van der Waals surface area (Å²) in [4.78, 5) is 21.6. The molecule has 0 aromatic rings. The van der Waals surface area contributed by atoms with E-state index in [1.54, 1.807) is 0 Å². The third-order valence-electron chi connectivity index (χ3n) is 1.55. The fourth-order valence-electron chi connectivity index (χ4n) is 0.716. The van der Waals surface area contributed by atoms with Gasteiger partial charge in [-0.1, -0.05) is 0 Å². The van der Waals surface area contributed by atoms with E-state index in [4.69, 9.17) is 11.5 Å². The molecule has 0 saturated heterocycles. The summed E-state index contributed by atoms with van der Waals surface area (Å²) in [5.41, 5.74) is 15.5. The quantitative estimate of drug-likeness (QED) is 0.397. The van der Waals surface area contributed by atoms with Crippen molar-refractivity contribution >= 4 is 11.8 Å². The second-order valence-corrected chi connectivity index (χ2v) is 3.39. The lowest BCUT2D eigenvalue weighted by molar-refractivity contribution is -0.123. The Hall–Kier alpha value is -1.14. The van der Waals surface area contributed by atoms with E-state index in [1.165, 1.54) is 0 Å². The maximum atomic E-state index is 11.1. The number of hydrogen-bond donors (Lipinski definition) is 4. The molecule has 0 spiro atoms. The van der Waals surface area contributed by atoms with Crippen LogP contribution in [0.3, 0.4) is 0 Å². The van der Waals surface area contributed by atoms with E-state index in [2.05, 4.69) is 10.9 Å². The summed E-state index contributed by atoms with van der Waals surface area (Å²) in [6, 6.07) is -0.580. The Morgan fingerprint density at radius 3 is 2.36 bits per heavy atom. The fraction of sp³-hybridized carbons (Fsp3) is 0.750. The van der Waals surface area contributed by atoms with Crippen molar-refractivity contribution in [2.24, 2.45) is 11.5 Å². The van der Waals surface area contributed by atoms with Crippen molar-refractivity contribution in [2.45, 2.75) is 38.8 Å². The molecule has 0 heterocycles. The predicted octanol–water partition coefficient (Wildman–Crippen LogP) is -1.39. The van der Waals surface area contributed by atoms with Gasteiger partial charge in [-0.25, -0.2) is 5.43 Å². The summed E-state index contributed by atoms with van der Waals surface area (Å²) in [6.45, 7) is 3.80. The number of amides is 2. The first kappa shape index (κ1) is 12.9. The van der Waals surface area contributed by atoms with Crippen LogP contribution in [-0.2, 0) is 9.59 Å². The summed E-state index contributed by atoms with van der Waals surface area (Å²) in [7, 11) is 0. The molecule has 1 atom stereocenters. The van der Waals surface area contributed by atoms with E-state index in [1.807, 2.05) is 13.8 Å². The molecule has 6 N–H and O–H groups in total. The maximum Gasteiger partial charge on any atom is 0.234 e. The van der Waals surface area contributed by atoms with Gasteiger partial charge in [-0.2, -0.15) is 0 Å². The molecule has 0 aromatic carbocycles. The van der Waals surface area contributed by atoms with Crippen molar-refractivity contribution in [3.05, 3.63) is 0 Å². The number of carbonyl (C=O) groups is 2. The van der Waals surface area contributed by atoms with Crippen LogP contribution in [0.2, 0.25) is 0 Å². The smallest absolute Gasteiger partial charge is 0.234 e. The molecule has 14 heavy (non-hydrogen) atoms. The first-order valence-electron chi connectivity index (χ1n) is 4.52. The van der Waals surface area contributed by atoms with Crippen molar-refractivity contribution in [1.82, 2.24) is 10.9 Å². The van der Waals surface area contributed by atoms with Gasteiger partial charge in [0, 0.05) is 12.5 Å². The molecule has 2 amide bonds. The Bertz CT molecular complexity index is 206. The average molecular weight is 202 g/mol. The van der Waals surface area contributed by atoms with Crippen LogP contribution < -0.4 is 22.3 Å². The number of nitrogens with one attached hydrogen (secondary N) is 2. The summed E-state index contributed by atoms with van der Waals surface area (Å²) in [6.07, 6.45) is 0.449. The van der Waals surface area contributed by atoms with Crippen LogP contribution in [0.25, 0.3) is 0 Å². The van der Waals surface area contributed by atoms with Crippen LogP contribution in [-0.4, -0.2) is 23.9 Å². The molecule has 6 nitrogen and oxygen atoms in total. The molecule has 82 valence electrons. The highest BCUT2D eigenvalue weighted by Gasteiger charge is 2.11. The number of nitrogens with two attached hydrogens (primary N) is 2. The van der Waals surface area contributed by atoms with Crippen LogP contribution in [0.5, 0.6) is 0 Å². The van der Waals surface area contributed by atoms with Gasteiger partial charge in [0.1, 0.15) is 0 Å². The van der Waals surface area contributed by atoms with Crippen molar-refractivity contribution in [2.75, 3.05) is 0 Å². The van der Waals surface area contributed by atoms with Crippen LogP contribution in [0.4, 0.5) is 0 Å². The minimum atomic E-state index is -0.750. The highest BCUT2D eigenvalue weighted by atomic mass is 16.2. The Kier molecular flexibility index (Phi) is 5.82. The van der Waals surface area contributed by atoms with Crippen LogP contribution >= 0.6 is 0 Å². The van der Waals surface area contributed by atoms with E-state index in [0.29, 0.717) is 0 Å². The van der Waals surface area contributed by atoms with Gasteiger partial charge in [-0.15, -0.1) is 0 Å². The van der Waals surface area contributed by atoms with Gasteiger partial charge in [0.25, 0.3) is 0 Å². The fourth-order valence-corrected chi connectivity index (χ4v) is 0.716. The Labute approximate surface area is 83.4 Å². The maximum absolute atomic E-state index is 11.1. The van der Waals surface area contributed by atoms with Gasteiger partial charge >= 0.3 is 0 Å². The minimum absolute atomic E-state index is 0.170. The van der Waals surface area contributed by atoms with Crippen molar-refractivity contribution in [3.8, 4) is 0 Å². The topological polar surface area (TPSA) is 110 Å². The van der Waals surface area contributed by atoms with Gasteiger partial charge in [0.2, 0.25) is 11.8 Å². The zero-order valence-electron chi connectivity index (χ0n) is 8.54. The van der Waals surface area contributed by atoms with E-state index in [9.17, 15) is 9.59 Å². The highest BCUT2D eigenvalue weighted by molar-refractivity contribution is 5.81. The third kappa shape index (κ3) is 6.38. The first-order valence-corrected chi connectivity index (χ1v) is 4.52. The first-order chi connectivity index (χ1) is 6.43. The van der Waals surface area contributed by atoms with Crippen molar-refractivity contribution in [3.63, 3.8) is 0 Å². The average Bonchev–Trinajstić information content (AvgIpc) is 2.10. The number of primary amides is 1. The Morgan fingerprint density at radius 2 is 1.93 bits per heavy atom. The number of carbonyl (C=O) groups excluding carboxylic acids is 2. The number of rotatable bonds is 6. The second kappa shape index (κ2) is 6.33. The summed E-state index contributed by atoms with van der Waals surface area (Å²) in [5.74, 6) is -0.787. The van der Waals surface area contributed by atoms with Gasteiger partial charge in [-0.3, -0.25) is 15.0 Å². The van der Waals surface area contributed by atoms with Crippen LogP contribution in [0, 0.1) is 0 Å². The molecular formula is C8H18N4O2. The second-order valence-electron chi connectivity index (χ2n) is 3.39. The molecular weight excluding hydrogens is 184 g/mol. The molecule has 0 aliphatic heterocycles. The molecule has 0 unspecified atom stereocenters. The molecule has 0 aliphatic carbocycles. The summed E-state index contributed by atoms with van der Waals surface area (Å²) < 4.78 is 0. The lowest BCUT2D eigenvalue weighted by atomic mass is 10.1. The lowest BCUT2D eigenvalue weighted by Gasteiger charge is -2.10. The Balaban J connectivity index is 3.59. The summed E-state index contributed by atoms with van der Waals surface area (Å²) >= 11 is 0. The molecule has 0 aromatic heterocycles. The largest absolute Gasteiger partial charge is 0.368 e. The third-order valence-corrected chi connectivity index (χ3v) is 1.55. The van der Waals surface area contributed by atoms with Gasteiger partial charge in [0.05, 0.1) is 6.04 Å². The molecule has 0 radical (unpaired) electrons. The van der Waals surface area contributed by atoms with Crippen molar-refractivity contribution < 1.29 is 9.59 Å². The Morgan fingerprint density at radius 1 is 1.36 bits per heavy atom. The zero-order chi connectivity index (χ0) is 11.1. The lowest BCUT2D eigenvalue weighted by Crippen LogP contribution is -2.43. The molecule has 0 aliphatic rings. The molecule has 0 fully saturated rings. The standard InChI is InChI=1S/C8H18N4O2/c1-5(2)11-12-7(13)4-3-6(9)8(10)14/h5-6,11H,3-4,9H2,1-2H3,(H2,10,14)(H,12,13)/t6-/m0/s1. The zero-order valence-corrected chi connectivity index (χ0v) is 8.54. The summed E-state index contributed by atoms with van der Waals surface area (Å²) in [5, 5.41) is 0. The van der Waals surface area contributed by atoms with Gasteiger partial charge < -0.3 is 11.5 Å². The van der Waals surface area contributed by atoms with Crippen LogP contribution in [0.1, 0.15) is 26.7 Å². The minimum Gasteiger partial charge on any atom is -0.368 e. The monoisotopic (exact) mass is 202 g/mol. The van der Waals surface area contributed by atoms with Crippen LogP contribution in [0.15, 0.2) is 0 Å². The van der Waals surface area contributed by atoms with E-state index in [0.717, 1.165) is 0 Å². The predicted molar refractivity (Wildman–Crippen MR) is 52.8 cm³/mol. The van der Waals surface area contributed by atoms with E-state index >= 15 is 0 Å². The normalized spacial score (nSPS) is 12.6. The number of hydrogen-bond acceptors (Lipinski definition) is 4. The molecule has 0 rings (SSSR count). The van der Waals surface area contributed by atoms with E-state index < -0.39 is 11.9 Å². The molecule has 0 bridgehead atoms. The van der Waals surface area contributed by atoms with Gasteiger partial charge in [0.15, 0.2) is 0 Å². The number of hydrazine groups is 1. The van der Waals surface area contributed by atoms with E-state index in [-0.39, 0.29) is 24.8 Å². The van der Waals surface area contributed by atoms with Crippen molar-refractivity contribution in [1.29, 1.82) is 0 Å². The highest BCUT2D eigenvalue weighted by Crippen LogP contribution is 1.93. The SMILES string of the molecule is CC(C)NNC(=O)CC[C@H](N)C(N)=O. The molecule has 6 heteroatoms.